The van der Waals surface area contributed by atoms with Crippen molar-refractivity contribution in [3.63, 3.8) is 0 Å². The summed E-state index contributed by atoms with van der Waals surface area (Å²) in [5.74, 6) is 1.19. The predicted molar refractivity (Wildman–Crippen MR) is 295 cm³/mol. The van der Waals surface area contributed by atoms with Crippen LogP contribution in [0.5, 0.6) is 11.5 Å². The summed E-state index contributed by atoms with van der Waals surface area (Å²) in [4.78, 5) is 9.27. The number of hydrogen-bond donors (Lipinski definition) is 0. The van der Waals surface area contributed by atoms with Crippen molar-refractivity contribution < 1.29 is 34.6 Å². The summed E-state index contributed by atoms with van der Waals surface area (Å²) >= 11 is 0. The van der Waals surface area contributed by atoms with Crippen LogP contribution in [0, 0.1) is 30.4 Å². The zero-order valence-corrected chi connectivity index (χ0v) is 46.1. The smallest absolute Gasteiger partial charge is 0.135 e. The van der Waals surface area contributed by atoms with Crippen molar-refractivity contribution in [3.05, 3.63) is 198 Å². The maximum absolute atomic E-state index is 14.7. The molecule has 1 aliphatic rings. The van der Waals surface area contributed by atoms with E-state index in [2.05, 4.69) is 207 Å². The first kappa shape index (κ1) is 51.3. The molecule has 0 spiro atoms. The molecule has 0 radical (unpaired) electrons. The van der Waals surface area contributed by atoms with Crippen molar-refractivity contribution in [2.24, 2.45) is 0 Å². The van der Waals surface area contributed by atoms with E-state index in [1.54, 1.807) is 0 Å². The molecule has 3 heterocycles. The Morgan fingerprint density at radius 1 is 0.562 bits per heavy atom. The zero-order chi connectivity index (χ0) is 51.0. The van der Waals surface area contributed by atoms with Gasteiger partial charge < -0.3 is 19.1 Å². The number of anilines is 4. The molecule has 0 saturated heterocycles. The molecule has 0 amide bonds. The minimum atomic E-state index is -0.600. The van der Waals surface area contributed by atoms with Gasteiger partial charge in [-0.1, -0.05) is 137 Å². The number of halogens is 2. The quantitative estimate of drug-likeness (QED) is 0.128. The van der Waals surface area contributed by atoms with E-state index in [0.717, 1.165) is 78.7 Å². The standard InChI is InChI=1S/C65H63F2N4O.Pt/c1-39(2)42-33-55(64(7,8)9)62(56(34-42)65(10,11)12)45-29-48(36-50(30-45)72-49-24-25-52-51-19-13-14-20-57(51)71(60(52)37-49)61-23-17-18-26-68-61)69-38-70(59-22-16-15-21-58(59)69)63-53(40(3)4)31-44(32-54(63)41(5)6)43-27-46(66)35-47(67)28-43;/h13-35,38-41H,1-12H3;/q-3;. The first-order valence-corrected chi connectivity index (χ1v) is 25.2. The Kier molecular flexibility index (Phi) is 13.9. The summed E-state index contributed by atoms with van der Waals surface area (Å²) in [6.07, 6.45) is 1.82. The number of para-hydroxylation sites is 3. The monoisotopic (exact) mass is 1150 g/mol. The van der Waals surface area contributed by atoms with Crippen molar-refractivity contribution in [1.29, 1.82) is 0 Å². The molecule has 0 N–H and O–H groups in total. The molecule has 10 rings (SSSR count). The van der Waals surface area contributed by atoms with Crippen molar-refractivity contribution >= 4 is 44.6 Å². The Bertz CT molecular complexity index is 3440. The first-order valence-electron chi connectivity index (χ1n) is 25.2. The summed E-state index contributed by atoms with van der Waals surface area (Å²) in [5.41, 5.74) is 14.8. The Hall–Kier alpha value is -6.56. The molecule has 73 heavy (non-hydrogen) atoms. The van der Waals surface area contributed by atoms with Gasteiger partial charge in [0.2, 0.25) is 0 Å². The van der Waals surface area contributed by atoms with E-state index >= 15 is 0 Å². The van der Waals surface area contributed by atoms with Crippen molar-refractivity contribution in [2.45, 2.75) is 112 Å². The number of hydrogen-bond acceptors (Lipinski definition) is 4. The number of benzene rings is 7. The van der Waals surface area contributed by atoms with Gasteiger partial charge in [0, 0.05) is 67.4 Å². The van der Waals surface area contributed by atoms with Crippen LogP contribution in [0.1, 0.15) is 129 Å². The summed E-state index contributed by atoms with van der Waals surface area (Å²) in [7, 11) is 0. The van der Waals surface area contributed by atoms with Gasteiger partial charge in [0.1, 0.15) is 17.5 Å². The average molecular weight is 1150 g/mol. The molecule has 2 aromatic heterocycles. The van der Waals surface area contributed by atoms with Gasteiger partial charge in [-0.05, 0) is 133 Å². The van der Waals surface area contributed by atoms with E-state index < -0.39 is 11.6 Å². The molecule has 5 nitrogen and oxygen atoms in total. The minimum Gasteiger partial charge on any atom is -0.509 e. The van der Waals surface area contributed by atoms with Crippen LogP contribution in [0.4, 0.5) is 31.5 Å². The second kappa shape index (κ2) is 19.7. The Morgan fingerprint density at radius 3 is 1.74 bits per heavy atom. The van der Waals surface area contributed by atoms with Gasteiger partial charge in [-0.25, -0.2) is 13.8 Å². The van der Waals surface area contributed by atoms with Crippen LogP contribution in [0.15, 0.2) is 140 Å². The largest absolute Gasteiger partial charge is 0.509 e. The molecule has 0 atom stereocenters. The third-order valence-corrected chi connectivity index (χ3v) is 14.0. The third-order valence-electron chi connectivity index (χ3n) is 14.0. The fourth-order valence-electron chi connectivity index (χ4n) is 10.3. The van der Waals surface area contributed by atoms with E-state index in [-0.39, 0.29) is 43.7 Å². The molecular weight excluding hydrogens is 1090 g/mol. The molecule has 0 bridgehead atoms. The second-order valence-electron chi connectivity index (χ2n) is 22.3. The first-order chi connectivity index (χ1) is 34.2. The molecule has 1 aliphatic heterocycles. The van der Waals surface area contributed by atoms with Crippen LogP contribution in [0.3, 0.4) is 0 Å². The summed E-state index contributed by atoms with van der Waals surface area (Å²) in [6.45, 7) is 29.2. The molecule has 0 saturated carbocycles. The van der Waals surface area contributed by atoms with Crippen LogP contribution in [0.2, 0.25) is 0 Å². The fraction of sp³-hybridized carbons (Fsp3) is 0.262. The predicted octanol–water partition coefficient (Wildman–Crippen LogP) is 18.6. The molecule has 0 aliphatic carbocycles. The fourth-order valence-corrected chi connectivity index (χ4v) is 10.3. The molecule has 0 unspecified atom stereocenters. The van der Waals surface area contributed by atoms with Crippen LogP contribution < -0.4 is 14.5 Å². The van der Waals surface area contributed by atoms with E-state index in [1.807, 2.05) is 30.5 Å². The Balaban J connectivity index is 0.00000656. The minimum absolute atomic E-state index is 0. The van der Waals surface area contributed by atoms with E-state index in [4.69, 9.17) is 9.72 Å². The summed E-state index contributed by atoms with van der Waals surface area (Å²) in [6, 6.07) is 51.5. The third kappa shape index (κ3) is 9.74. The van der Waals surface area contributed by atoms with Crippen molar-refractivity contribution in [1.82, 2.24) is 9.55 Å². The normalized spacial score (nSPS) is 12.9. The Morgan fingerprint density at radius 2 is 1.15 bits per heavy atom. The SMILES string of the molecule is CC(C)c1cc(C(C)(C)C)c(-c2cc(Oc3[c-]c4c(cc3)c3ccccc3n4-c3ccccn3)[c-]c(N3[CH-]N(c4c(C(C)C)cc(-c5cc(F)cc(F)c5)cc4C(C)C)c4ccccc43)c2)c(C(C)(C)C)c1.[Pt]. The second-order valence-corrected chi connectivity index (χ2v) is 22.3. The van der Waals surface area contributed by atoms with Crippen molar-refractivity contribution in [3.8, 4) is 39.6 Å². The molecule has 9 aromatic rings. The van der Waals surface area contributed by atoms with Crippen molar-refractivity contribution in [2.75, 3.05) is 9.80 Å². The molecule has 376 valence electrons. The van der Waals surface area contributed by atoms with E-state index in [0.29, 0.717) is 23.0 Å². The van der Waals surface area contributed by atoms with E-state index in [1.165, 1.54) is 34.4 Å². The van der Waals surface area contributed by atoms with Crippen LogP contribution in [-0.4, -0.2) is 9.55 Å². The van der Waals surface area contributed by atoms with Gasteiger partial charge in [0.05, 0.1) is 0 Å². The maximum Gasteiger partial charge on any atom is 0.135 e. The van der Waals surface area contributed by atoms with Gasteiger partial charge in [-0.15, -0.1) is 53.6 Å². The topological polar surface area (TPSA) is 33.5 Å². The number of aromatic nitrogens is 2. The van der Waals surface area contributed by atoms with Crippen LogP contribution >= 0.6 is 0 Å². The van der Waals surface area contributed by atoms with Gasteiger partial charge >= 0.3 is 0 Å². The van der Waals surface area contributed by atoms with Crippen LogP contribution in [-0.2, 0) is 31.9 Å². The number of nitrogens with zero attached hydrogens (tertiary/aromatic N) is 4. The number of ether oxygens (including phenoxy) is 1. The maximum atomic E-state index is 14.7. The summed E-state index contributed by atoms with van der Waals surface area (Å²) in [5, 5.41) is 2.16. The molecule has 0 fully saturated rings. The van der Waals surface area contributed by atoms with E-state index in [9.17, 15) is 8.78 Å². The summed E-state index contributed by atoms with van der Waals surface area (Å²) < 4.78 is 38.7. The number of fused-ring (bicyclic) bond motifs is 4. The molecule has 7 aromatic carbocycles. The van der Waals surface area contributed by atoms with Crippen LogP contribution in [0.25, 0.3) is 49.9 Å². The van der Waals surface area contributed by atoms with Gasteiger partial charge in [-0.3, -0.25) is 0 Å². The van der Waals surface area contributed by atoms with Gasteiger partial charge in [0.15, 0.2) is 0 Å². The molecule has 8 heteroatoms. The average Bonchev–Trinajstić information content (AvgIpc) is 3.88. The number of pyridine rings is 1. The molecular formula is C65H63F2N4OPt-3. The Labute approximate surface area is 445 Å². The van der Waals surface area contributed by atoms with Gasteiger partial charge in [0.25, 0.3) is 0 Å². The van der Waals surface area contributed by atoms with Gasteiger partial charge in [-0.2, -0.15) is 6.07 Å². The number of rotatable bonds is 10. The zero-order valence-electron chi connectivity index (χ0n) is 43.9.